The van der Waals surface area contributed by atoms with Gasteiger partial charge in [0, 0.05) is 12.6 Å². The molecular weight excluding hydrogens is 392 g/mol. The summed E-state index contributed by atoms with van der Waals surface area (Å²) >= 11 is 0. The minimum absolute atomic E-state index is 0.0888. The molecule has 1 aromatic rings. The number of carbonyl (C=O) groups excluding carboxylic acids is 4. The van der Waals surface area contributed by atoms with Crippen LogP contribution in [0.3, 0.4) is 0 Å². The molecule has 0 radical (unpaired) electrons. The number of ether oxygens (including phenoxy) is 2. The molecule has 0 bridgehead atoms. The smallest absolute Gasteiger partial charge is 0.325 e. The average Bonchev–Trinajstić information content (AvgIpc) is 3.18. The summed E-state index contributed by atoms with van der Waals surface area (Å²) < 4.78 is 10.6. The number of hydrogen-bond acceptors (Lipinski definition) is 6. The lowest BCUT2D eigenvalue weighted by atomic mass is 9.91. The van der Waals surface area contributed by atoms with Crippen LogP contribution >= 0.6 is 0 Å². The predicted octanol–water partition coefficient (Wildman–Crippen LogP) is 0.555. The van der Waals surface area contributed by atoms with E-state index in [0.29, 0.717) is 17.1 Å². The second kappa shape index (κ2) is 7.51. The van der Waals surface area contributed by atoms with E-state index in [4.69, 9.17) is 9.47 Å². The highest BCUT2D eigenvalue weighted by atomic mass is 16.7. The molecule has 2 aliphatic rings. The molecule has 162 valence electrons. The van der Waals surface area contributed by atoms with Crippen LogP contribution in [0.2, 0.25) is 0 Å². The van der Waals surface area contributed by atoms with Gasteiger partial charge < -0.3 is 25.0 Å². The lowest BCUT2D eigenvalue weighted by Crippen LogP contribution is -2.48. The first-order valence-electron chi connectivity index (χ1n) is 9.50. The molecule has 0 saturated carbocycles. The van der Waals surface area contributed by atoms with Crippen molar-refractivity contribution in [2.24, 2.45) is 0 Å². The average molecular weight is 418 g/mol. The van der Waals surface area contributed by atoms with Crippen molar-refractivity contribution >= 4 is 23.8 Å². The summed E-state index contributed by atoms with van der Waals surface area (Å²) in [6, 6.07) is 4.29. The van der Waals surface area contributed by atoms with Gasteiger partial charge in [-0.1, -0.05) is 6.07 Å². The van der Waals surface area contributed by atoms with Crippen LogP contribution in [0.25, 0.3) is 0 Å². The summed E-state index contributed by atoms with van der Waals surface area (Å²) in [4.78, 5) is 52.1. The molecule has 1 aromatic carbocycles. The molecule has 10 nitrogen and oxygen atoms in total. The third-order valence-corrected chi connectivity index (χ3v) is 4.84. The number of carbonyl (C=O) groups is 4. The lowest BCUT2D eigenvalue weighted by molar-refractivity contribution is -0.139. The standard InChI is InChI=1S/C20H26N4O6/c1-19(2,3)21-15(25)9-23(5)16(26)10-24-17(27)20(4,22-18(24)28)12-6-7-13-14(8-12)30-11-29-13/h6-8H,9-11H2,1-5H3,(H,21,25)(H,22,28)/t20-/m0/s1. The van der Waals surface area contributed by atoms with Crippen LogP contribution in [-0.2, 0) is 19.9 Å². The zero-order chi connectivity index (χ0) is 22.3. The predicted molar refractivity (Wildman–Crippen MR) is 106 cm³/mol. The number of benzene rings is 1. The number of imide groups is 1. The molecule has 1 fully saturated rings. The van der Waals surface area contributed by atoms with Crippen LogP contribution in [0.1, 0.15) is 33.3 Å². The largest absolute Gasteiger partial charge is 0.454 e. The second-order valence-corrected chi connectivity index (χ2v) is 8.56. The number of nitrogens with zero attached hydrogens (tertiary/aromatic N) is 2. The Balaban J connectivity index is 1.69. The Morgan fingerprint density at radius 2 is 1.90 bits per heavy atom. The van der Waals surface area contributed by atoms with Crippen LogP contribution in [0.5, 0.6) is 11.5 Å². The van der Waals surface area contributed by atoms with Crippen LogP contribution in [0.15, 0.2) is 18.2 Å². The van der Waals surface area contributed by atoms with Gasteiger partial charge in [0.05, 0.1) is 6.54 Å². The monoisotopic (exact) mass is 418 g/mol. The molecule has 0 aromatic heterocycles. The van der Waals surface area contributed by atoms with E-state index in [1.54, 1.807) is 25.1 Å². The number of fused-ring (bicyclic) bond motifs is 1. The van der Waals surface area contributed by atoms with Gasteiger partial charge in [-0.25, -0.2) is 4.79 Å². The molecule has 5 amide bonds. The highest BCUT2D eigenvalue weighted by Gasteiger charge is 2.50. The van der Waals surface area contributed by atoms with Crippen LogP contribution in [0.4, 0.5) is 4.79 Å². The van der Waals surface area contributed by atoms with E-state index >= 15 is 0 Å². The number of urea groups is 1. The molecule has 30 heavy (non-hydrogen) atoms. The third kappa shape index (κ3) is 4.17. The van der Waals surface area contributed by atoms with Crippen molar-refractivity contribution in [3.8, 4) is 11.5 Å². The summed E-state index contributed by atoms with van der Waals surface area (Å²) in [6.07, 6.45) is 0. The van der Waals surface area contributed by atoms with Gasteiger partial charge in [-0.15, -0.1) is 0 Å². The van der Waals surface area contributed by atoms with E-state index in [2.05, 4.69) is 10.6 Å². The van der Waals surface area contributed by atoms with Gasteiger partial charge >= 0.3 is 6.03 Å². The van der Waals surface area contributed by atoms with E-state index in [1.807, 2.05) is 20.8 Å². The Hall–Kier alpha value is -3.30. The molecule has 0 spiro atoms. The molecule has 1 saturated heterocycles. The first-order valence-corrected chi connectivity index (χ1v) is 9.50. The van der Waals surface area contributed by atoms with Crippen LogP contribution < -0.4 is 20.1 Å². The lowest BCUT2D eigenvalue weighted by Gasteiger charge is -2.25. The van der Waals surface area contributed by atoms with Gasteiger partial charge in [-0.05, 0) is 45.4 Å². The molecule has 0 unspecified atom stereocenters. The highest BCUT2D eigenvalue weighted by Crippen LogP contribution is 2.37. The quantitative estimate of drug-likeness (QED) is 0.675. The summed E-state index contributed by atoms with van der Waals surface area (Å²) in [5, 5.41) is 5.40. The number of likely N-dealkylation sites (N-methyl/N-ethyl adjacent to an activating group) is 1. The van der Waals surface area contributed by atoms with Gasteiger partial charge in [0.15, 0.2) is 11.5 Å². The summed E-state index contributed by atoms with van der Waals surface area (Å²) in [5.74, 6) is -0.387. The fraction of sp³-hybridized carbons (Fsp3) is 0.500. The van der Waals surface area contributed by atoms with Gasteiger partial charge in [0.25, 0.3) is 5.91 Å². The first kappa shape index (κ1) is 21.4. The minimum atomic E-state index is -1.35. The highest BCUT2D eigenvalue weighted by molar-refractivity contribution is 6.09. The molecule has 1 atom stereocenters. The molecule has 2 N–H and O–H groups in total. The van der Waals surface area contributed by atoms with Crippen molar-refractivity contribution in [2.75, 3.05) is 26.9 Å². The summed E-state index contributed by atoms with van der Waals surface area (Å²) in [5.41, 5.74) is -1.27. The Bertz CT molecular complexity index is 909. The summed E-state index contributed by atoms with van der Waals surface area (Å²) in [7, 11) is 1.44. The normalized spacial score (nSPS) is 20.2. The van der Waals surface area contributed by atoms with E-state index in [-0.39, 0.29) is 19.2 Å². The molecule has 0 aliphatic carbocycles. The Morgan fingerprint density at radius 1 is 1.23 bits per heavy atom. The zero-order valence-electron chi connectivity index (χ0n) is 17.7. The number of hydrogen-bond donors (Lipinski definition) is 2. The van der Waals surface area contributed by atoms with Crippen molar-refractivity contribution in [1.82, 2.24) is 20.4 Å². The van der Waals surface area contributed by atoms with Crippen molar-refractivity contribution in [1.29, 1.82) is 0 Å². The van der Waals surface area contributed by atoms with Crippen molar-refractivity contribution in [3.05, 3.63) is 23.8 Å². The number of amides is 5. The number of rotatable bonds is 5. The zero-order valence-corrected chi connectivity index (χ0v) is 17.7. The summed E-state index contributed by atoms with van der Waals surface area (Å²) in [6.45, 7) is 6.50. The maximum atomic E-state index is 13.0. The first-order chi connectivity index (χ1) is 13.9. The van der Waals surface area contributed by atoms with E-state index < -0.39 is 35.5 Å². The Kier molecular flexibility index (Phi) is 5.36. The van der Waals surface area contributed by atoms with Crippen molar-refractivity contribution < 1.29 is 28.7 Å². The molecular formula is C20H26N4O6. The van der Waals surface area contributed by atoms with Gasteiger partial charge in [-0.3, -0.25) is 19.3 Å². The van der Waals surface area contributed by atoms with Crippen LogP contribution in [-0.4, -0.2) is 66.0 Å². The maximum absolute atomic E-state index is 13.0. The minimum Gasteiger partial charge on any atom is -0.454 e. The fourth-order valence-corrected chi connectivity index (χ4v) is 3.26. The third-order valence-electron chi connectivity index (χ3n) is 4.84. The Labute approximate surface area is 174 Å². The SMILES string of the molecule is CN(CC(=O)NC(C)(C)C)C(=O)CN1C(=O)N[C@@](C)(c2ccc3c(c2)OCO3)C1=O. The number of nitrogens with one attached hydrogen (secondary N) is 2. The fourth-order valence-electron chi connectivity index (χ4n) is 3.26. The topological polar surface area (TPSA) is 117 Å². The maximum Gasteiger partial charge on any atom is 0.325 e. The molecule has 2 aliphatic heterocycles. The molecule has 2 heterocycles. The van der Waals surface area contributed by atoms with Gasteiger partial charge in [0.2, 0.25) is 18.6 Å². The van der Waals surface area contributed by atoms with Crippen molar-refractivity contribution in [3.63, 3.8) is 0 Å². The van der Waals surface area contributed by atoms with E-state index in [9.17, 15) is 19.2 Å². The van der Waals surface area contributed by atoms with Crippen molar-refractivity contribution in [2.45, 2.75) is 38.8 Å². The van der Waals surface area contributed by atoms with Gasteiger partial charge in [0.1, 0.15) is 12.1 Å². The van der Waals surface area contributed by atoms with E-state index in [0.717, 1.165) is 4.90 Å². The van der Waals surface area contributed by atoms with Crippen LogP contribution in [0, 0.1) is 0 Å². The Morgan fingerprint density at radius 3 is 2.57 bits per heavy atom. The molecule has 10 heteroatoms. The molecule has 3 rings (SSSR count). The van der Waals surface area contributed by atoms with E-state index in [1.165, 1.54) is 11.9 Å². The van der Waals surface area contributed by atoms with Gasteiger partial charge in [-0.2, -0.15) is 0 Å². The second-order valence-electron chi connectivity index (χ2n) is 8.56.